The Hall–Kier alpha value is -1.09. The van der Waals surface area contributed by atoms with Gasteiger partial charge in [-0.05, 0) is 32.0 Å². The zero-order chi connectivity index (χ0) is 9.84. The van der Waals surface area contributed by atoms with E-state index in [4.69, 9.17) is 4.74 Å². The Labute approximate surface area is 79.1 Å². The number of ether oxygens (including phenoxy) is 1. The highest BCUT2D eigenvalue weighted by atomic mass is 16.5. The summed E-state index contributed by atoms with van der Waals surface area (Å²) in [4.78, 5) is 4.31. The summed E-state index contributed by atoms with van der Waals surface area (Å²) in [5.74, 6) is 0.690. The molecule has 1 aromatic rings. The minimum Gasteiger partial charge on any atom is -0.481 e. The fraction of sp³-hybridized carbons (Fsp3) is 0.500. The van der Waals surface area contributed by atoms with E-state index in [1.807, 2.05) is 20.0 Å². The third-order valence-electron chi connectivity index (χ3n) is 2.09. The van der Waals surface area contributed by atoms with Gasteiger partial charge in [0.25, 0.3) is 0 Å². The second-order valence-corrected chi connectivity index (χ2v) is 3.08. The van der Waals surface area contributed by atoms with Crippen LogP contribution in [-0.4, -0.2) is 19.1 Å². The molecule has 0 aromatic carbocycles. The highest BCUT2D eigenvalue weighted by molar-refractivity contribution is 5.33. The number of nitrogens with one attached hydrogen (secondary N) is 1. The van der Waals surface area contributed by atoms with Gasteiger partial charge in [0.15, 0.2) is 0 Å². The van der Waals surface area contributed by atoms with Gasteiger partial charge in [-0.3, -0.25) is 0 Å². The average Bonchev–Trinajstić information content (AvgIpc) is 2.11. The highest BCUT2D eigenvalue weighted by Gasteiger charge is 2.05. The molecule has 3 heteroatoms. The van der Waals surface area contributed by atoms with Gasteiger partial charge in [-0.15, -0.1) is 0 Å². The van der Waals surface area contributed by atoms with E-state index < -0.39 is 0 Å². The Kier molecular flexibility index (Phi) is 3.25. The van der Waals surface area contributed by atoms with E-state index in [1.165, 1.54) is 11.1 Å². The molecule has 72 valence electrons. The molecule has 0 bridgehead atoms. The summed E-state index contributed by atoms with van der Waals surface area (Å²) < 4.78 is 5.08. The van der Waals surface area contributed by atoms with Crippen LogP contribution in [0.15, 0.2) is 6.07 Å². The SMILES string of the molecule is CNCc1c(C)cc(OC)nc1C. The first-order chi connectivity index (χ1) is 6.19. The van der Waals surface area contributed by atoms with E-state index >= 15 is 0 Å². The summed E-state index contributed by atoms with van der Waals surface area (Å²) in [6, 6.07) is 1.96. The van der Waals surface area contributed by atoms with Crippen molar-refractivity contribution in [2.24, 2.45) is 0 Å². The molecular formula is C10H16N2O. The highest BCUT2D eigenvalue weighted by Crippen LogP contribution is 2.17. The zero-order valence-corrected chi connectivity index (χ0v) is 8.64. The predicted molar refractivity (Wildman–Crippen MR) is 53.0 cm³/mol. The van der Waals surface area contributed by atoms with Crippen LogP contribution in [-0.2, 0) is 6.54 Å². The third-order valence-corrected chi connectivity index (χ3v) is 2.09. The molecule has 0 aliphatic carbocycles. The van der Waals surface area contributed by atoms with Crippen molar-refractivity contribution in [2.45, 2.75) is 20.4 Å². The van der Waals surface area contributed by atoms with Crippen molar-refractivity contribution in [3.05, 3.63) is 22.9 Å². The molecule has 0 unspecified atom stereocenters. The van der Waals surface area contributed by atoms with Crippen molar-refractivity contribution in [3.63, 3.8) is 0 Å². The normalized spacial score (nSPS) is 10.2. The van der Waals surface area contributed by atoms with Crippen LogP contribution in [0.5, 0.6) is 5.88 Å². The number of hydrogen-bond acceptors (Lipinski definition) is 3. The van der Waals surface area contributed by atoms with E-state index in [2.05, 4.69) is 17.2 Å². The van der Waals surface area contributed by atoms with Gasteiger partial charge in [-0.2, -0.15) is 0 Å². The molecule has 0 saturated carbocycles. The maximum Gasteiger partial charge on any atom is 0.213 e. The summed E-state index contributed by atoms with van der Waals surface area (Å²) in [7, 11) is 3.57. The van der Waals surface area contributed by atoms with Crippen LogP contribution in [0, 0.1) is 13.8 Å². The number of nitrogens with zero attached hydrogens (tertiary/aromatic N) is 1. The van der Waals surface area contributed by atoms with Crippen molar-refractivity contribution >= 4 is 0 Å². The van der Waals surface area contributed by atoms with Crippen molar-refractivity contribution < 1.29 is 4.74 Å². The molecular weight excluding hydrogens is 164 g/mol. The molecule has 0 atom stereocenters. The van der Waals surface area contributed by atoms with E-state index in [0.29, 0.717) is 5.88 Å². The maximum atomic E-state index is 5.08. The third kappa shape index (κ3) is 2.18. The van der Waals surface area contributed by atoms with Crippen LogP contribution in [0.2, 0.25) is 0 Å². The molecule has 0 fully saturated rings. The number of aromatic nitrogens is 1. The largest absolute Gasteiger partial charge is 0.481 e. The van der Waals surface area contributed by atoms with Gasteiger partial charge in [-0.1, -0.05) is 0 Å². The van der Waals surface area contributed by atoms with Gasteiger partial charge in [0.05, 0.1) is 7.11 Å². The number of aryl methyl sites for hydroxylation is 2. The average molecular weight is 180 g/mol. The zero-order valence-electron chi connectivity index (χ0n) is 8.64. The summed E-state index contributed by atoms with van der Waals surface area (Å²) >= 11 is 0. The molecule has 1 N–H and O–H groups in total. The maximum absolute atomic E-state index is 5.08. The second-order valence-electron chi connectivity index (χ2n) is 3.08. The fourth-order valence-corrected chi connectivity index (χ4v) is 1.37. The minimum atomic E-state index is 0.690. The molecule has 1 aromatic heterocycles. The summed E-state index contributed by atoms with van der Waals surface area (Å²) in [6.45, 7) is 4.93. The summed E-state index contributed by atoms with van der Waals surface area (Å²) in [5, 5.41) is 3.12. The van der Waals surface area contributed by atoms with Crippen LogP contribution in [0.3, 0.4) is 0 Å². The predicted octanol–water partition coefficient (Wildman–Crippen LogP) is 1.43. The van der Waals surface area contributed by atoms with E-state index in [9.17, 15) is 0 Å². The van der Waals surface area contributed by atoms with Crippen LogP contribution in [0.1, 0.15) is 16.8 Å². The second kappa shape index (κ2) is 4.23. The number of hydrogen-bond donors (Lipinski definition) is 1. The number of rotatable bonds is 3. The van der Waals surface area contributed by atoms with Crippen LogP contribution < -0.4 is 10.1 Å². The molecule has 1 heterocycles. The van der Waals surface area contributed by atoms with Gasteiger partial charge in [-0.25, -0.2) is 4.98 Å². The Morgan fingerprint density at radius 3 is 2.62 bits per heavy atom. The summed E-state index contributed by atoms with van der Waals surface area (Å²) in [5.41, 5.74) is 3.51. The van der Waals surface area contributed by atoms with Crippen LogP contribution >= 0.6 is 0 Å². The first-order valence-corrected chi connectivity index (χ1v) is 4.34. The van der Waals surface area contributed by atoms with Crippen LogP contribution in [0.25, 0.3) is 0 Å². The number of pyridine rings is 1. The molecule has 3 nitrogen and oxygen atoms in total. The van der Waals surface area contributed by atoms with E-state index in [-0.39, 0.29) is 0 Å². The smallest absolute Gasteiger partial charge is 0.213 e. The van der Waals surface area contributed by atoms with Gasteiger partial charge in [0.1, 0.15) is 0 Å². The van der Waals surface area contributed by atoms with Gasteiger partial charge >= 0.3 is 0 Å². The standard InChI is InChI=1S/C10H16N2O/c1-7-5-10(13-4)12-8(2)9(7)6-11-3/h5,11H,6H2,1-4H3. The molecule has 1 rings (SSSR count). The number of methoxy groups -OCH3 is 1. The van der Waals surface area contributed by atoms with Crippen molar-refractivity contribution in [2.75, 3.05) is 14.2 Å². The van der Waals surface area contributed by atoms with Crippen molar-refractivity contribution in [3.8, 4) is 5.88 Å². The molecule has 0 amide bonds. The lowest BCUT2D eigenvalue weighted by molar-refractivity contribution is 0.396. The molecule has 0 aliphatic rings. The Bertz CT molecular complexity index is 274. The molecule has 0 saturated heterocycles. The first-order valence-electron chi connectivity index (χ1n) is 4.34. The monoisotopic (exact) mass is 180 g/mol. The molecule has 0 spiro atoms. The quantitative estimate of drug-likeness (QED) is 0.764. The van der Waals surface area contributed by atoms with Gasteiger partial charge in [0, 0.05) is 18.3 Å². The lowest BCUT2D eigenvalue weighted by Crippen LogP contribution is -2.09. The molecule has 13 heavy (non-hydrogen) atoms. The first kappa shape index (κ1) is 9.99. The Morgan fingerprint density at radius 2 is 2.15 bits per heavy atom. The Morgan fingerprint density at radius 1 is 1.46 bits per heavy atom. The van der Waals surface area contributed by atoms with Gasteiger partial charge in [0.2, 0.25) is 5.88 Å². The lowest BCUT2D eigenvalue weighted by atomic mass is 10.1. The van der Waals surface area contributed by atoms with Crippen LogP contribution in [0.4, 0.5) is 0 Å². The minimum absolute atomic E-state index is 0.690. The molecule has 0 aliphatic heterocycles. The van der Waals surface area contributed by atoms with E-state index in [1.54, 1.807) is 7.11 Å². The molecule has 0 radical (unpaired) electrons. The van der Waals surface area contributed by atoms with E-state index in [0.717, 1.165) is 12.2 Å². The fourth-order valence-electron chi connectivity index (χ4n) is 1.37. The lowest BCUT2D eigenvalue weighted by Gasteiger charge is -2.10. The topological polar surface area (TPSA) is 34.1 Å². The summed E-state index contributed by atoms with van der Waals surface area (Å²) in [6.07, 6.45) is 0. The van der Waals surface area contributed by atoms with Crippen molar-refractivity contribution in [1.29, 1.82) is 0 Å². The van der Waals surface area contributed by atoms with Gasteiger partial charge < -0.3 is 10.1 Å². The Balaban J connectivity index is 3.07. The van der Waals surface area contributed by atoms with Crippen molar-refractivity contribution in [1.82, 2.24) is 10.3 Å².